The second-order valence-corrected chi connectivity index (χ2v) is 5.19. The summed E-state index contributed by atoms with van der Waals surface area (Å²) in [5.41, 5.74) is 13.0. The minimum absolute atomic E-state index is 0.335. The van der Waals surface area contributed by atoms with Crippen LogP contribution in [0.4, 0.5) is 0 Å². The fraction of sp³-hybridized carbons (Fsp3) is 0.417. The first-order chi connectivity index (χ1) is 9.41. The quantitative estimate of drug-likeness (QED) is 0.349. The molecular formula is C12H15Cl2N5O. The van der Waals surface area contributed by atoms with Gasteiger partial charge in [-0.1, -0.05) is 28.3 Å². The molecule has 0 bridgehead atoms. The van der Waals surface area contributed by atoms with Gasteiger partial charge < -0.3 is 5.73 Å². The van der Waals surface area contributed by atoms with Crippen LogP contribution in [0.15, 0.2) is 23.3 Å². The van der Waals surface area contributed by atoms with Crippen LogP contribution in [0, 0.1) is 0 Å². The van der Waals surface area contributed by atoms with E-state index >= 15 is 0 Å². The topological polar surface area (TPSA) is 104 Å². The van der Waals surface area contributed by atoms with Crippen molar-refractivity contribution in [2.75, 3.05) is 13.1 Å². The molecule has 0 saturated carbocycles. The van der Waals surface area contributed by atoms with Gasteiger partial charge >= 0.3 is 0 Å². The van der Waals surface area contributed by atoms with Gasteiger partial charge in [0.25, 0.3) is 0 Å². The largest absolute Gasteiger partial charge is 0.368 e. The minimum Gasteiger partial charge on any atom is -0.368 e. The number of hydrogen-bond acceptors (Lipinski definition) is 3. The monoisotopic (exact) mass is 315 g/mol. The number of nitrogens with one attached hydrogen (secondary N) is 1. The Morgan fingerprint density at radius 3 is 2.85 bits per heavy atom. The van der Waals surface area contributed by atoms with Crippen LogP contribution >= 0.6 is 23.2 Å². The third kappa shape index (κ3) is 4.02. The van der Waals surface area contributed by atoms with Gasteiger partial charge in [-0.05, 0) is 43.6 Å². The van der Waals surface area contributed by atoms with Crippen LogP contribution in [0.25, 0.3) is 10.4 Å². The van der Waals surface area contributed by atoms with Gasteiger partial charge in [0.1, 0.15) is 5.54 Å². The SMILES string of the molecule is CC(NCCCN=[N+]=[N-])(C(N)=O)c1cc(Cl)ccc1Cl. The van der Waals surface area contributed by atoms with E-state index in [1.54, 1.807) is 25.1 Å². The molecule has 1 unspecified atom stereocenters. The summed E-state index contributed by atoms with van der Waals surface area (Å²) in [7, 11) is 0. The Morgan fingerprint density at radius 1 is 1.55 bits per heavy atom. The van der Waals surface area contributed by atoms with Gasteiger partial charge in [0, 0.05) is 27.1 Å². The van der Waals surface area contributed by atoms with E-state index in [0.29, 0.717) is 35.1 Å². The van der Waals surface area contributed by atoms with E-state index in [0.717, 1.165) is 0 Å². The highest BCUT2D eigenvalue weighted by Gasteiger charge is 2.34. The Kier molecular flexibility index (Phi) is 6.10. The van der Waals surface area contributed by atoms with E-state index < -0.39 is 11.4 Å². The number of nitrogens with zero attached hydrogens (tertiary/aromatic N) is 3. The maximum absolute atomic E-state index is 11.8. The van der Waals surface area contributed by atoms with Crippen molar-refractivity contribution in [3.63, 3.8) is 0 Å². The molecule has 1 atom stereocenters. The van der Waals surface area contributed by atoms with E-state index in [4.69, 9.17) is 34.5 Å². The van der Waals surface area contributed by atoms with Gasteiger partial charge in [0.05, 0.1) is 0 Å². The highest BCUT2D eigenvalue weighted by Crippen LogP contribution is 2.30. The molecule has 1 amide bonds. The zero-order valence-electron chi connectivity index (χ0n) is 10.9. The number of hydrogen-bond donors (Lipinski definition) is 2. The Labute approximate surface area is 126 Å². The molecule has 0 heterocycles. The molecule has 6 nitrogen and oxygen atoms in total. The lowest BCUT2D eigenvalue weighted by atomic mass is 9.91. The molecule has 0 aromatic heterocycles. The lowest BCUT2D eigenvalue weighted by Crippen LogP contribution is -2.51. The second kappa shape index (κ2) is 7.36. The van der Waals surface area contributed by atoms with Crippen LogP contribution < -0.4 is 11.1 Å². The van der Waals surface area contributed by atoms with Gasteiger partial charge in [0.2, 0.25) is 5.91 Å². The van der Waals surface area contributed by atoms with Crippen molar-refractivity contribution in [2.45, 2.75) is 18.9 Å². The number of primary amides is 1. The molecule has 108 valence electrons. The lowest BCUT2D eigenvalue weighted by molar-refractivity contribution is -0.124. The third-order valence-corrected chi connectivity index (χ3v) is 3.50. The van der Waals surface area contributed by atoms with E-state index in [1.165, 1.54) is 0 Å². The normalized spacial score (nSPS) is 13.3. The van der Waals surface area contributed by atoms with Crippen LogP contribution in [-0.2, 0) is 10.3 Å². The summed E-state index contributed by atoms with van der Waals surface area (Å²) in [6.07, 6.45) is 0.575. The van der Waals surface area contributed by atoms with Gasteiger partial charge in [-0.3, -0.25) is 10.1 Å². The predicted molar refractivity (Wildman–Crippen MR) is 79.6 cm³/mol. The second-order valence-electron chi connectivity index (χ2n) is 4.35. The van der Waals surface area contributed by atoms with Gasteiger partial charge in [-0.2, -0.15) is 0 Å². The molecular weight excluding hydrogens is 301 g/mol. The number of rotatable bonds is 7. The maximum atomic E-state index is 11.8. The molecule has 0 spiro atoms. The number of carbonyl (C=O) groups excluding carboxylic acids is 1. The Bertz CT molecular complexity index is 545. The van der Waals surface area contributed by atoms with E-state index in [2.05, 4.69) is 15.3 Å². The van der Waals surface area contributed by atoms with Crippen LogP contribution in [0.2, 0.25) is 10.0 Å². The molecule has 0 saturated heterocycles. The molecule has 0 aliphatic rings. The fourth-order valence-electron chi connectivity index (χ4n) is 1.73. The first kappa shape index (κ1) is 16.6. The number of azide groups is 1. The van der Waals surface area contributed by atoms with Crippen LogP contribution in [0.5, 0.6) is 0 Å². The molecule has 1 aromatic carbocycles. The fourth-order valence-corrected chi connectivity index (χ4v) is 2.21. The smallest absolute Gasteiger partial charge is 0.242 e. The highest BCUT2D eigenvalue weighted by atomic mass is 35.5. The summed E-state index contributed by atoms with van der Waals surface area (Å²) in [6, 6.07) is 4.85. The van der Waals surface area contributed by atoms with Crippen LogP contribution in [-0.4, -0.2) is 19.0 Å². The molecule has 3 N–H and O–H groups in total. The number of benzene rings is 1. The molecule has 0 aliphatic heterocycles. The number of amides is 1. The molecule has 0 fully saturated rings. The molecule has 0 radical (unpaired) electrons. The minimum atomic E-state index is -1.14. The molecule has 1 rings (SSSR count). The average Bonchev–Trinajstić information content (AvgIpc) is 2.40. The first-order valence-corrected chi connectivity index (χ1v) is 6.68. The predicted octanol–water partition coefficient (Wildman–Crippen LogP) is 2.98. The van der Waals surface area contributed by atoms with E-state index in [-0.39, 0.29) is 0 Å². The lowest BCUT2D eigenvalue weighted by Gasteiger charge is -2.29. The summed E-state index contributed by atoms with van der Waals surface area (Å²) >= 11 is 12.1. The van der Waals surface area contributed by atoms with E-state index in [1.807, 2.05) is 0 Å². The number of halogens is 2. The Balaban J connectivity index is 2.93. The Hall–Kier alpha value is -1.46. The molecule has 20 heavy (non-hydrogen) atoms. The van der Waals surface area contributed by atoms with Crippen molar-refractivity contribution in [3.05, 3.63) is 44.3 Å². The van der Waals surface area contributed by atoms with Crippen molar-refractivity contribution < 1.29 is 4.79 Å². The van der Waals surface area contributed by atoms with Crippen LogP contribution in [0.1, 0.15) is 18.9 Å². The molecule has 1 aromatic rings. The van der Waals surface area contributed by atoms with E-state index in [9.17, 15) is 4.79 Å². The average molecular weight is 316 g/mol. The highest BCUT2D eigenvalue weighted by molar-refractivity contribution is 6.34. The number of nitrogens with two attached hydrogens (primary N) is 1. The van der Waals surface area contributed by atoms with Crippen molar-refractivity contribution in [2.24, 2.45) is 10.8 Å². The Morgan fingerprint density at radius 2 is 2.25 bits per heavy atom. The zero-order valence-corrected chi connectivity index (χ0v) is 12.4. The maximum Gasteiger partial charge on any atom is 0.242 e. The number of carbonyl (C=O) groups is 1. The molecule has 0 aliphatic carbocycles. The standard InChI is InChI=1S/C12H15Cl2N5O/c1-12(11(15)20,17-5-2-6-18-19-16)9-7-8(13)3-4-10(9)14/h3-4,7,17H,2,5-6H2,1H3,(H2,15,20). The van der Waals surface area contributed by atoms with Crippen LogP contribution in [0.3, 0.4) is 0 Å². The summed E-state index contributed by atoms with van der Waals surface area (Å²) in [5.74, 6) is -0.564. The van der Waals surface area contributed by atoms with Crippen molar-refractivity contribution in [3.8, 4) is 0 Å². The molecule has 8 heteroatoms. The summed E-state index contributed by atoms with van der Waals surface area (Å²) in [5, 5.41) is 7.32. The van der Waals surface area contributed by atoms with Gasteiger partial charge in [-0.15, -0.1) is 0 Å². The van der Waals surface area contributed by atoms with Crippen molar-refractivity contribution >= 4 is 29.1 Å². The summed E-state index contributed by atoms with van der Waals surface area (Å²) < 4.78 is 0. The van der Waals surface area contributed by atoms with Gasteiger partial charge in [0.15, 0.2) is 0 Å². The zero-order chi connectivity index (χ0) is 15.2. The summed E-state index contributed by atoms with van der Waals surface area (Å²) in [4.78, 5) is 14.4. The van der Waals surface area contributed by atoms with Gasteiger partial charge in [-0.25, -0.2) is 0 Å². The van der Waals surface area contributed by atoms with Crippen molar-refractivity contribution in [1.82, 2.24) is 5.32 Å². The third-order valence-electron chi connectivity index (χ3n) is 2.94. The first-order valence-electron chi connectivity index (χ1n) is 5.93. The summed E-state index contributed by atoms with van der Waals surface area (Å²) in [6.45, 7) is 2.42. The van der Waals surface area contributed by atoms with Crippen molar-refractivity contribution in [1.29, 1.82) is 0 Å².